The lowest BCUT2D eigenvalue weighted by Crippen LogP contribution is -2.58. The summed E-state index contributed by atoms with van der Waals surface area (Å²) >= 11 is 18.6. The van der Waals surface area contributed by atoms with Crippen LogP contribution in [0.1, 0.15) is 77.2 Å². The van der Waals surface area contributed by atoms with Crippen molar-refractivity contribution in [3.8, 4) is 10.6 Å². The van der Waals surface area contributed by atoms with Crippen molar-refractivity contribution < 1.29 is 43.9 Å². The minimum atomic E-state index is -1.35. The van der Waals surface area contributed by atoms with Gasteiger partial charge in [0.05, 0.1) is 93.3 Å². The van der Waals surface area contributed by atoms with Gasteiger partial charge < -0.3 is 66.2 Å². The number of H-pyrrole nitrogens is 2. The molecule has 6 aliphatic heterocycles. The van der Waals surface area contributed by atoms with Crippen LogP contribution in [0, 0.1) is 6.28 Å². The Hall–Kier alpha value is -5.28. The van der Waals surface area contributed by atoms with Crippen molar-refractivity contribution in [2.75, 3.05) is 105 Å². The third-order valence-electron chi connectivity index (χ3n) is 12.7. The van der Waals surface area contributed by atoms with Crippen molar-refractivity contribution >= 4 is 150 Å². The lowest BCUT2D eigenvalue weighted by molar-refractivity contribution is -0.155. The number of nitrogens with one attached hydrogen (secondary N) is 4. The predicted molar refractivity (Wildman–Crippen MR) is 329 cm³/mol. The number of morpholine rings is 3. The molecule has 3 saturated heterocycles. The fraction of sp³-hybridized carbons (Fsp3) is 0.469. The summed E-state index contributed by atoms with van der Waals surface area (Å²) in [7, 11) is 0. The number of carbonyl (C=O) groups excluding carboxylic acids is 2. The van der Waals surface area contributed by atoms with Gasteiger partial charge in [-0.05, 0) is 41.5 Å². The molecule has 2 unspecified atom stereocenters. The predicted octanol–water partition coefficient (Wildman–Crippen LogP) is 5.01. The topological polar surface area (TPSA) is 361 Å². The molecule has 6 aliphatic rings. The smallest absolute Gasteiger partial charge is 0.280 e. The number of hydrogen-bond acceptors (Lipinski definition) is 31. The minimum Gasteiger partial charge on any atom is -0.391 e. The van der Waals surface area contributed by atoms with Gasteiger partial charge in [-0.2, -0.15) is 9.97 Å². The zero-order chi connectivity index (χ0) is 59.7. The first-order chi connectivity index (χ1) is 39.2. The first kappa shape index (κ1) is 62.3. The van der Waals surface area contributed by atoms with E-state index in [1.54, 1.807) is 40.1 Å². The zero-order valence-corrected chi connectivity index (χ0v) is 52.1. The van der Waals surface area contributed by atoms with Gasteiger partial charge in [-0.3, -0.25) is 34.0 Å². The number of aliphatic hydroxyl groups excluding tert-OH is 1. The van der Waals surface area contributed by atoms with Crippen LogP contribution < -0.4 is 43.0 Å². The monoisotopic (exact) mass is 1290 g/mol. The molecule has 0 spiro atoms. The molecule has 6 aromatic rings. The van der Waals surface area contributed by atoms with E-state index in [0.29, 0.717) is 112 Å². The van der Waals surface area contributed by atoms with Gasteiger partial charge in [-0.15, -0.1) is 45.3 Å². The normalized spacial score (nSPS) is 20.0. The van der Waals surface area contributed by atoms with Gasteiger partial charge in [0.2, 0.25) is 24.0 Å². The van der Waals surface area contributed by atoms with Crippen LogP contribution in [0.5, 0.6) is 0 Å². The number of fused-ring (bicyclic) bond motifs is 3. The van der Waals surface area contributed by atoms with Gasteiger partial charge in [0.25, 0.3) is 17.0 Å². The quantitative estimate of drug-likeness (QED) is 0.0948. The maximum atomic E-state index is 12.6. The number of amides is 1. The molecule has 444 valence electrons. The Morgan fingerprint density at radius 1 is 0.723 bits per heavy atom. The SMILES string of the molecule is C=C1SC(c2cnc3nc(N4CCOCC4)[nH]c(=O)c3n2)=C(C(C)(C)O)S1.CC(C)(O)c1sc(=S)sc1-c1cnc2c(n1)NC(N1CCOCC1)NC2=O.CC1(C)OC(O)C(=O)c2sc(=S)sc21.Nc1nc(N2CCOCC2)[nH]c(=O)c1N. The second-order valence-corrected chi connectivity index (χ2v) is 29.2. The fourth-order valence-corrected chi connectivity index (χ4v) is 16.5. The van der Waals surface area contributed by atoms with Crippen molar-refractivity contribution in [2.45, 2.75) is 70.9 Å². The van der Waals surface area contributed by atoms with E-state index >= 15 is 0 Å². The third kappa shape index (κ3) is 14.5. The van der Waals surface area contributed by atoms with Gasteiger partial charge in [0.15, 0.2) is 34.8 Å². The Morgan fingerprint density at radius 3 is 1.92 bits per heavy atom. The highest BCUT2D eigenvalue weighted by molar-refractivity contribution is 8.31. The molecule has 6 aromatic heterocycles. The summed E-state index contributed by atoms with van der Waals surface area (Å²) in [5, 5.41) is 36.4. The van der Waals surface area contributed by atoms with Crippen LogP contribution >= 0.6 is 93.3 Å². The molecule has 0 radical (unpaired) electrons. The maximum Gasteiger partial charge on any atom is 0.280 e. The Kier molecular flexibility index (Phi) is 19.3. The first-order valence-corrected chi connectivity index (χ1v) is 31.2. The number of thioether (sulfide) groups is 2. The van der Waals surface area contributed by atoms with Crippen LogP contribution in [0.2, 0.25) is 0 Å². The summed E-state index contributed by atoms with van der Waals surface area (Å²) in [6.07, 6.45) is 1.44. The number of Topliss-reactive ketones (excluding diaryl/α,β-unsaturated/α-hetero) is 1. The number of rotatable bonds is 7. The Labute approximate surface area is 508 Å². The van der Waals surface area contributed by atoms with Crippen molar-refractivity contribution in [1.82, 2.24) is 50.1 Å². The second-order valence-electron chi connectivity index (χ2n) is 20.2. The van der Waals surface area contributed by atoms with E-state index in [2.05, 4.69) is 62.0 Å². The Morgan fingerprint density at radius 2 is 1.30 bits per heavy atom. The number of nitrogen functional groups attached to an aromatic ring is 2. The van der Waals surface area contributed by atoms with Gasteiger partial charge >= 0.3 is 0 Å². The number of carbonyl (C=O) groups is 2. The molecule has 83 heavy (non-hydrogen) atoms. The molecular weight excluding hydrogens is 1230 g/mol. The van der Waals surface area contributed by atoms with E-state index in [9.17, 15) is 34.5 Å². The van der Waals surface area contributed by atoms with E-state index < -0.39 is 28.7 Å². The van der Waals surface area contributed by atoms with E-state index in [-0.39, 0.29) is 46.3 Å². The average molecular weight is 1290 g/mol. The molecule has 34 heteroatoms. The highest BCUT2D eigenvalue weighted by Crippen LogP contribution is 2.55. The number of anilines is 5. The van der Waals surface area contributed by atoms with E-state index in [1.807, 2.05) is 23.6 Å². The molecule has 26 nitrogen and oxygen atoms in total. The average Bonchev–Trinajstić information content (AvgIpc) is 3.69. The molecule has 0 aliphatic carbocycles. The van der Waals surface area contributed by atoms with Crippen LogP contribution in [-0.2, 0) is 30.1 Å². The number of nitrogens with zero attached hydrogens (tertiary/aromatic N) is 9. The molecule has 3 fully saturated rings. The molecule has 0 bridgehead atoms. The standard InChI is InChI=1S/C17H19N5O3S2.C16H19N5O3S3.C8H13N5O2.C8H8O3S3/c1-9-26-12(13(27-9)17(2,3)24)10-8-18-14-11(19-10)15(23)21-16(20-14)22-4-6-25-7-5-22;1-16(2,23)11-10(26-15(25)27-11)8-7-17-9-12(18-8)19-14(20-13(9)22)21-3-5-24-6-4-21;9-5-6(10)11-8(12-7(5)14)13-1-3-15-4-2-13;1-8(2)5-4(13-7(12)14-5)3(9)6(10)11-8/h8,24H,1,4-7H2,2-3H3,(H,18,20,21,23);7,14,23H,3-6H2,1-2H3,(H,18,19)(H,20,22);1-4,9H2,(H3,10,11,12,14);6,10H,1-2H3. The largest absolute Gasteiger partial charge is 0.391 e. The maximum absolute atomic E-state index is 12.6. The number of aromatic amines is 2. The summed E-state index contributed by atoms with van der Waals surface area (Å²) in [6.45, 7) is 22.3. The summed E-state index contributed by atoms with van der Waals surface area (Å²) in [5.74, 6) is 0.791. The van der Waals surface area contributed by atoms with Crippen LogP contribution in [-0.4, -0.2) is 169 Å². The molecular formula is C49H59N15O11S8. The van der Waals surface area contributed by atoms with Gasteiger partial charge in [0, 0.05) is 48.4 Å². The number of ketones is 1. The lowest BCUT2D eigenvalue weighted by atomic mass is 10.0. The van der Waals surface area contributed by atoms with Crippen LogP contribution in [0.15, 0.2) is 37.7 Å². The van der Waals surface area contributed by atoms with Crippen molar-refractivity contribution in [1.29, 1.82) is 0 Å². The van der Waals surface area contributed by atoms with Crippen molar-refractivity contribution in [3.05, 3.63) is 81.1 Å². The molecule has 12 heterocycles. The van der Waals surface area contributed by atoms with E-state index in [1.165, 1.54) is 68.9 Å². The molecule has 0 aromatic carbocycles. The third-order valence-corrected chi connectivity index (χ3v) is 21.3. The fourth-order valence-electron chi connectivity index (χ4n) is 8.60. The second kappa shape index (κ2) is 25.7. The number of aliphatic hydroxyl groups is 3. The summed E-state index contributed by atoms with van der Waals surface area (Å²) in [5.41, 5.74) is 9.30. The molecule has 0 saturated carbocycles. The van der Waals surface area contributed by atoms with E-state index in [0.717, 1.165) is 41.8 Å². The summed E-state index contributed by atoms with van der Waals surface area (Å²) in [4.78, 5) is 89.9. The van der Waals surface area contributed by atoms with Gasteiger partial charge in [0.1, 0.15) is 23.3 Å². The minimum absolute atomic E-state index is 0.0352. The van der Waals surface area contributed by atoms with Gasteiger partial charge in [-0.25, -0.2) is 19.9 Å². The molecule has 2 atom stereocenters. The zero-order valence-electron chi connectivity index (χ0n) is 45.6. The molecule has 1 amide bonds. The number of hydrogen-bond donors (Lipinski definition) is 9. The highest BCUT2D eigenvalue weighted by atomic mass is 32.2. The summed E-state index contributed by atoms with van der Waals surface area (Å²) in [6, 6.07) is 0. The van der Waals surface area contributed by atoms with Crippen molar-refractivity contribution in [2.24, 2.45) is 0 Å². The summed E-state index contributed by atoms with van der Waals surface area (Å²) < 4.78 is 23.3. The Bertz CT molecular complexity index is 3720. The first-order valence-electron chi connectivity index (χ1n) is 25.5. The van der Waals surface area contributed by atoms with Gasteiger partial charge in [-0.1, -0.05) is 54.5 Å². The lowest BCUT2D eigenvalue weighted by Gasteiger charge is -2.37. The number of nitrogens with two attached hydrogens (primary N) is 2. The molecule has 12 rings (SSSR count). The van der Waals surface area contributed by atoms with E-state index in [4.69, 9.17) is 54.9 Å². The highest BCUT2D eigenvalue weighted by Gasteiger charge is 2.41. The number of ether oxygens (including phenoxy) is 4. The van der Waals surface area contributed by atoms with Crippen LogP contribution in [0.25, 0.3) is 26.6 Å². The number of aromatic nitrogens is 8. The van der Waals surface area contributed by atoms with Crippen LogP contribution in [0.4, 0.5) is 29.2 Å². The Balaban J connectivity index is 0.000000139. The molecule has 11 N–H and O–H groups in total. The van der Waals surface area contributed by atoms with Crippen LogP contribution in [0.3, 0.4) is 0 Å². The van der Waals surface area contributed by atoms with Crippen molar-refractivity contribution in [3.63, 3.8) is 0 Å².